The van der Waals surface area contributed by atoms with Crippen LogP contribution in [-0.4, -0.2) is 13.0 Å². The third-order valence-electron chi connectivity index (χ3n) is 5.88. The molecule has 1 aliphatic heterocycles. The summed E-state index contributed by atoms with van der Waals surface area (Å²) in [6, 6.07) is 6.35. The Bertz CT molecular complexity index is 597. The molecule has 1 aromatic rings. The lowest BCUT2D eigenvalue weighted by Gasteiger charge is -2.57. The predicted molar refractivity (Wildman–Crippen MR) is 81.1 cm³/mol. The normalized spacial score (nSPS) is 37.2. The van der Waals surface area contributed by atoms with E-state index < -0.39 is 0 Å². The fourth-order valence-corrected chi connectivity index (χ4v) is 5.37. The number of ether oxygens (including phenoxy) is 1. The first-order valence-electron chi connectivity index (χ1n) is 8.11. The summed E-state index contributed by atoms with van der Waals surface area (Å²) < 4.78 is 5.67. The number of fused-ring (bicyclic) bond motifs is 1. The van der Waals surface area contributed by atoms with Crippen LogP contribution in [0.25, 0.3) is 0 Å². The Kier molecular flexibility index (Phi) is 2.82. The van der Waals surface area contributed by atoms with Gasteiger partial charge in [0.15, 0.2) is 0 Å². The van der Waals surface area contributed by atoms with Gasteiger partial charge in [0, 0.05) is 12.0 Å². The summed E-state index contributed by atoms with van der Waals surface area (Å²) in [5.41, 5.74) is 2.47. The summed E-state index contributed by atoms with van der Waals surface area (Å²) in [6.07, 6.45) is 5.19. The predicted octanol–water partition coefficient (Wildman–Crippen LogP) is 3.02. The van der Waals surface area contributed by atoms with E-state index in [0.717, 1.165) is 25.0 Å². The smallest absolute Gasteiger partial charge is 0.220 e. The van der Waals surface area contributed by atoms with Crippen molar-refractivity contribution in [1.29, 1.82) is 0 Å². The molecule has 0 radical (unpaired) electrons. The molecule has 4 rings (SSSR count). The molecule has 3 aliphatic rings. The Hall–Kier alpha value is -1.51. The molecule has 1 saturated carbocycles. The molecular formula is C18H23NO2. The van der Waals surface area contributed by atoms with Crippen LogP contribution >= 0.6 is 0 Å². The molecule has 3 nitrogen and oxygen atoms in total. The summed E-state index contributed by atoms with van der Waals surface area (Å²) in [5.74, 6) is 3.09. The number of amides is 1. The van der Waals surface area contributed by atoms with Crippen LogP contribution in [0.3, 0.4) is 0 Å². The molecule has 2 bridgehead atoms. The Balaban J connectivity index is 1.95. The zero-order valence-electron chi connectivity index (χ0n) is 12.8. The van der Waals surface area contributed by atoms with E-state index in [0.29, 0.717) is 24.2 Å². The third kappa shape index (κ3) is 1.76. The second-order valence-electron chi connectivity index (χ2n) is 7.17. The number of rotatable bonds is 1. The minimum absolute atomic E-state index is 0.183. The van der Waals surface area contributed by atoms with Gasteiger partial charge in [-0.1, -0.05) is 19.1 Å². The Morgan fingerprint density at radius 1 is 1.38 bits per heavy atom. The number of hydrogen-bond acceptors (Lipinski definition) is 2. The van der Waals surface area contributed by atoms with E-state index in [1.807, 2.05) is 6.07 Å². The number of methoxy groups -OCH3 is 1. The van der Waals surface area contributed by atoms with Crippen molar-refractivity contribution in [3.05, 3.63) is 29.3 Å². The SMILES string of the molecule is COc1cccc2c1C13CC(C)CC(C2)C1CCC(=O)N3. The van der Waals surface area contributed by atoms with Crippen LogP contribution in [0.2, 0.25) is 0 Å². The average molecular weight is 285 g/mol. The summed E-state index contributed by atoms with van der Waals surface area (Å²) in [5, 5.41) is 3.41. The van der Waals surface area contributed by atoms with E-state index in [-0.39, 0.29) is 11.4 Å². The highest BCUT2D eigenvalue weighted by Crippen LogP contribution is 2.57. The number of hydrogen-bond donors (Lipinski definition) is 1. The van der Waals surface area contributed by atoms with Crippen LogP contribution in [0.5, 0.6) is 5.75 Å². The van der Waals surface area contributed by atoms with Crippen LogP contribution in [0.4, 0.5) is 0 Å². The molecule has 1 N–H and O–H groups in total. The fraction of sp³-hybridized carbons (Fsp3) is 0.611. The highest BCUT2D eigenvalue weighted by Gasteiger charge is 2.56. The van der Waals surface area contributed by atoms with Gasteiger partial charge in [0.05, 0.1) is 12.6 Å². The van der Waals surface area contributed by atoms with Gasteiger partial charge in [0.25, 0.3) is 0 Å². The maximum atomic E-state index is 12.2. The van der Waals surface area contributed by atoms with Crippen LogP contribution in [0.1, 0.15) is 43.7 Å². The molecule has 1 amide bonds. The van der Waals surface area contributed by atoms with Crippen molar-refractivity contribution in [3.63, 3.8) is 0 Å². The van der Waals surface area contributed by atoms with Crippen molar-refractivity contribution in [1.82, 2.24) is 5.32 Å². The number of carbonyl (C=O) groups excluding carboxylic acids is 1. The van der Waals surface area contributed by atoms with Gasteiger partial charge in [-0.2, -0.15) is 0 Å². The van der Waals surface area contributed by atoms with Gasteiger partial charge in [0.1, 0.15) is 5.75 Å². The minimum atomic E-state index is -0.183. The van der Waals surface area contributed by atoms with Gasteiger partial charge >= 0.3 is 0 Å². The molecule has 4 atom stereocenters. The quantitative estimate of drug-likeness (QED) is 0.861. The lowest BCUT2D eigenvalue weighted by atomic mass is 9.53. The highest BCUT2D eigenvalue weighted by atomic mass is 16.5. The first kappa shape index (κ1) is 13.2. The molecule has 2 fully saturated rings. The molecular weight excluding hydrogens is 262 g/mol. The van der Waals surface area contributed by atoms with Gasteiger partial charge in [0.2, 0.25) is 5.91 Å². The van der Waals surface area contributed by atoms with Gasteiger partial charge in [-0.15, -0.1) is 0 Å². The van der Waals surface area contributed by atoms with Crippen LogP contribution in [0, 0.1) is 17.8 Å². The molecule has 21 heavy (non-hydrogen) atoms. The van der Waals surface area contributed by atoms with Crippen molar-refractivity contribution >= 4 is 5.91 Å². The van der Waals surface area contributed by atoms with E-state index in [2.05, 4.69) is 24.4 Å². The standard InChI is InChI=1S/C18H23NO2/c1-11-8-13-9-12-4-3-5-15(21-2)17(12)18(10-11)14(13)6-7-16(20)19-18/h3-5,11,13-14H,6-10H2,1-2H3,(H,19,20). The lowest BCUT2D eigenvalue weighted by molar-refractivity contribution is -0.131. The maximum absolute atomic E-state index is 12.2. The Morgan fingerprint density at radius 3 is 3.05 bits per heavy atom. The van der Waals surface area contributed by atoms with Crippen molar-refractivity contribution in [2.24, 2.45) is 17.8 Å². The molecule has 0 spiro atoms. The van der Waals surface area contributed by atoms with E-state index in [9.17, 15) is 4.79 Å². The molecule has 1 aromatic carbocycles. The van der Waals surface area contributed by atoms with E-state index in [1.54, 1.807) is 7.11 Å². The summed E-state index contributed by atoms with van der Waals surface area (Å²) >= 11 is 0. The van der Waals surface area contributed by atoms with Gasteiger partial charge in [-0.25, -0.2) is 0 Å². The topological polar surface area (TPSA) is 38.3 Å². The third-order valence-corrected chi connectivity index (χ3v) is 5.88. The van der Waals surface area contributed by atoms with Crippen LogP contribution in [0.15, 0.2) is 18.2 Å². The average Bonchev–Trinajstić information content (AvgIpc) is 2.45. The van der Waals surface area contributed by atoms with Crippen molar-refractivity contribution in [3.8, 4) is 5.75 Å². The molecule has 112 valence electrons. The minimum Gasteiger partial charge on any atom is -0.496 e. The lowest BCUT2D eigenvalue weighted by Crippen LogP contribution is -2.62. The van der Waals surface area contributed by atoms with Crippen molar-refractivity contribution in [2.45, 2.75) is 44.6 Å². The molecule has 4 unspecified atom stereocenters. The monoisotopic (exact) mass is 285 g/mol. The second kappa shape index (κ2) is 4.49. The zero-order valence-corrected chi connectivity index (χ0v) is 12.8. The molecule has 3 heteroatoms. The largest absolute Gasteiger partial charge is 0.496 e. The first-order valence-corrected chi connectivity index (χ1v) is 8.11. The summed E-state index contributed by atoms with van der Waals surface area (Å²) in [4.78, 5) is 12.2. The zero-order chi connectivity index (χ0) is 14.6. The fourth-order valence-electron chi connectivity index (χ4n) is 5.37. The summed E-state index contributed by atoms with van der Waals surface area (Å²) in [7, 11) is 1.74. The van der Waals surface area contributed by atoms with E-state index in [1.165, 1.54) is 17.5 Å². The highest BCUT2D eigenvalue weighted by molar-refractivity contribution is 5.79. The number of piperidine rings is 1. The first-order chi connectivity index (χ1) is 10.1. The molecule has 0 aromatic heterocycles. The number of nitrogens with one attached hydrogen (secondary N) is 1. The number of benzene rings is 1. The van der Waals surface area contributed by atoms with Gasteiger partial charge in [-0.3, -0.25) is 4.79 Å². The second-order valence-corrected chi connectivity index (χ2v) is 7.17. The van der Waals surface area contributed by atoms with E-state index in [4.69, 9.17) is 4.74 Å². The van der Waals surface area contributed by atoms with Crippen LogP contribution < -0.4 is 10.1 Å². The van der Waals surface area contributed by atoms with Crippen molar-refractivity contribution in [2.75, 3.05) is 7.11 Å². The van der Waals surface area contributed by atoms with E-state index >= 15 is 0 Å². The summed E-state index contributed by atoms with van der Waals surface area (Å²) in [6.45, 7) is 2.33. The maximum Gasteiger partial charge on any atom is 0.220 e. The van der Waals surface area contributed by atoms with Crippen LogP contribution in [-0.2, 0) is 16.8 Å². The number of carbonyl (C=O) groups is 1. The van der Waals surface area contributed by atoms with Gasteiger partial charge < -0.3 is 10.1 Å². The molecule has 1 heterocycles. The molecule has 1 saturated heterocycles. The molecule has 2 aliphatic carbocycles. The van der Waals surface area contributed by atoms with Crippen molar-refractivity contribution < 1.29 is 9.53 Å². The van der Waals surface area contributed by atoms with Gasteiger partial charge in [-0.05, 0) is 55.1 Å². The Morgan fingerprint density at radius 2 is 2.24 bits per heavy atom. The Labute approximate surface area is 126 Å².